The van der Waals surface area contributed by atoms with Crippen molar-refractivity contribution in [2.45, 2.75) is 38.7 Å². The summed E-state index contributed by atoms with van der Waals surface area (Å²) >= 11 is 12.3. The molecule has 0 saturated carbocycles. The van der Waals surface area contributed by atoms with Gasteiger partial charge in [-0.25, -0.2) is 4.57 Å². The molecule has 0 heterocycles. The van der Waals surface area contributed by atoms with E-state index >= 15 is 0 Å². The van der Waals surface area contributed by atoms with Crippen molar-refractivity contribution in [3.05, 3.63) is 58.7 Å². The molecular weight excluding hydrogens is 366 g/mol. The number of halogens is 2. The van der Waals surface area contributed by atoms with Gasteiger partial charge in [-0.15, -0.1) is 0 Å². The maximum absolute atomic E-state index is 13.3. The number of benzene rings is 2. The monoisotopic (exact) mass is 386 g/mol. The molecule has 0 aliphatic heterocycles. The fourth-order valence-electron chi connectivity index (χ4n) is 2.43. The Morgan fingerprint density at radius 2 is 1.04 bits per heavy atom. The van der Waals surface area contributed by atoms with Gasteiger partial charge < -0.3 is 9.05 Å². The van der Waals surface area contributed by atoms with Crippen molar-refractivity contribution in [2.24, 2.45) is 0 Å². The lowest BCUT2D eigenvalue weighted by molar-refractivity contribution is 0.379. The molecule has 0 fully saturated rings. The Balaban J connectivity index is 2.41. The summed E-state index contributed by atoms with van der Waals surface area (Å²) in [4.78, 5) is 0. The molecule has 0 spiro atoms. The van der Waals surface area contributed by atoms with Gasteiger partial charge in [0.1, 0.15) is 11.5 Å². The Bertz CT molecular complexity index is 699. The van der Waals surface area contributed by atoms with Crippen LogP contribution in [0.5, 0.6) is 11.5 Å². The van der Waals surface area contributed by atoms with E-state index in [0.29, 0.717) is 11.5 Å². The van der Waals surface area contributed by atoms with Crippen LogP contribution in [-0.4, -0.2) is 4.07 Å². The highest BCUT2D eigenvalue weighted by Crippen LogP contribution is 2.63. The van der Waals surface area contributed by atoms with Gasteiger partial charge >= 0.3 is 7.60 Å². The Morgan fingerprint density at radius 1 is 0.750 bits per heavy atom. The van der Waals surface area contributed by atoms with Crippen molar-refractivity contribution >= 4 is 30.8 Å². The molecule has 0 aliphatic carbocycles. The van der Waals surface area contributed by atoms with E-state index in [9.17, 15) is 4.57 Å². The first-order chi connectivity index (χ1) is 11.0. The average Bonchev–Trinajstić information content (AvgIpc) is 2.33. The first-order valence-corrected chi connectivity index (χ1v) is 9.82. The van der Waals surface area contributed by atoms with Crippen LogP contribution in [0.3, 0.4) is 0 Å². The van der Waals surface area contributed by atoms with Crippen molar-refractivity contribution < 1.29 is 13.6 Å². The molecule has 0 bridgehead atoms. The summed E-state index contributed by atoms with van der Waals surface area (Å²) in [5.41, 5.74) is 3.92. The first kappa shape index (κ1) is 19.2. The number of aryl methyl sites for hydroxylation is 4. The SMILES string of the molecule is Cc1cc(C)cc(OP(=O)(Oc2cc(C)cc(C)c2)C(C)(Cl)Cl)c1. The summed E-state index contributed by atoms with van der Waals surface area (Å²) in [6.45, 7) is 9.11. The molecule has 130 valence electrons. The highest BCUT2D eigenvalue weighted by Gasteiger charge is 2.48. The van der Waals surface area contributed by atoms with E-state index in [2.05, 4.69) is 0 Å². The van der Waals surface area contributed by atoms with Crippen molar-refractivity contribution in [1.82, 2.24) is 0 Å². The van der Waals surface area contributed by atoms with Crippen LogP contribution in [0.2, 0.25) is 0 Å². The van der Waals surface area contributed by atoms with Gasteiger partial charge in [0.2, 0.25) is 4.07 Å². The van der Waals surface area contributed by atoms with Crippen LogP contribution in [0.25, 0.3) is 0 Å². The van der Waals surface area contributed by atoms with Crippen molar-refractivity contribution in [2.75, 3.05) is 0 Å². The second-order valence-corrected chi connectivity index (χ2v) is 10.7. The van der Waals surface area contributed by atoms with Gasteiger partial charge in [0.05, 0.1) is 0 Å². The van der Waals surface area contributed by atoms with E-state index in [-0.39, 0.29) is 0 Å². The lowest BCUT2D eigenvalue weighted by Gasteiger charge is -2.27. The molecule has 0 amide bonds. The van der Waals surface area contributed by atoms with E-state index in [0.717, 1.165) is 22.3 Å². The molecule has 0 unspecified atom stereocenters. The van der Waals surface area contributed by atoms with Crippen molar-refractivity contribution in [3.8, 4) is 11.5 Å². The zero-order valence-corrected chi connectivity index (χ0v) is 16.8. The van der Waals surface area contributed by atoms with Crippen LogP contribution in [0, 0.1) is 27.7 Å². The largest absolute Gasteiger partial charge is 0.466 e. The fourth-order valence-corrected chi connectivity index (χ4v) is 3.97. The molecule has 0 radical (unpaired) electrons. The number of hydrogen-bond donors (Lipinski definition) is 0. The lowest BCUT2D eigenvalue weighted by atomic mass is 10.1. The van der Waals surface area contributed by atoms with Crippen molar-refractivity contribution in [1.29, 1.82) is 0 Å². The van der Waals surface area contributed by atoms with E-state index in [1.54, 1.807) is 24.3 Å². The molecular formula is C18H21Cl2O3P. The van der Waals surface area contributed by atoms with Gasteiger partial charge in [-0.1, -0.05) is 35.3 Å². The van der Waals surface area contributed by atoms with Gasteiger partial charge in [-0.3, -0.25) is 0 Å². The quantitative estimate of drug-likeness (QED) is 0.422. The topological polar surface area (TPSA) is 35.5 Å². The molecule has 0 aliphatic rings. The first-order valence-electron chi connectivity index (χ1n) is 7.52. The third-order valence-corrected chi connectivity index (χ3v) is 6.43. The zero-order valence-electron chi connectivity index (χ0n) is 14.4. The molecule has 3 nitrogen and oxygen atoms in total. The van der Waals surface area contributed by atoms with Gasteiger partial charge in [0, 0.05) is 0 Å². The summed E-state index contributed by atoms with van der Waals surface area (Å²) in [6, 6.07) is 11.0. The van der Waals surface area contributed by atoms with E-state index in [1.165, 1.54) is 6.92 Å². The predicted molar refractivity (Wildman–Crippen MR) is 101 cm³/mol. The summed E-state index contributed by atoms with van der Waals surface area (Å²) in [7, 11) is -3.90. The predicted octanol–water partition coefficient (Wildman–Crippen LogP) is 6.72. The molecule has 2 aromatic rings. The van der Waals surface area contributed by atoms with Gasteiger partial charge in [0.15, 0.2) is 0 Å². The highest BCUT2D eigenvalue weighted by molar-refractivity contribution is 7.60. The molecule has 24 heavy (non-hydrogen) atoms. The van der Waals surface area contributed by atoms with Gasteiger partial charge in [0.25, 0.3) is 0 Å². The number of alkyl halides is 2. The van der Waals surface area contributed by atoms with E-state index in [4.69, 9.17) is 32.2 Å². The Hall–Kier alpha value is -1.15. The minimum absolute atomic E-state index is 0.410. The molecule has 0 aromatic heterocycles. The summed E-state index contributed by atoms with van der Waals surface area (Å²) < 4.78 is 23.0. The molecule has 0 atom stereocenters. The minimum atomic E-state index is -3.90. The van der Waals surface area contributed by atoms with Crippen LogP contribution in [0.4, 0.5) is 0 Å². The second kappa shape index (κ2) is 7.00. The molecule has 2 aromatic carbocycles. The number of rotatable bonds is 5. The number of hydrogen-bond acceptors (Lipinski definition) is 3. The van der Waals surface area contributed by atoms with Crippen LogP contribution < -0.4 is 9.05 Å². The smallest absolute Gasteiger partial charge is 0.414 e. The molecule has 2 rings (SSSR count). The van der Waals surface area contributed by atoms with Gasteiger partial charge in [-0.2, -0.15) is 0 Å². The van der Waals surface area contributed by atoms with Crippen LogP contribution >= 0.6 is 30.8 Å². The molecule has 0 N–H and O–H groups in total. The Morgan fingerprint density at radius 3 is 1.29 bits per heavy atom. The second-order valence-electron chi connectivity index (χ2n) is 6.17. The highest BCUT2D eigenvalue weighted by atomic mass is 35.5. The summed E-state index contributed by atoms with van der Waals surface area (Å²) in [5.74, 6) is 0.820. The lowest BCUT2D eigenvalue weighted by Crippen LogP contribution is -2.17. The van der Waals surface area contributed by atoms with E-state index in [1.807, 2.05) is 39.8 Å². The normalized spacial score (nSPS) is 12.1. The van der Waals surface area contributed by atoms with Crippen LogP contribution in [-0.2, 0) is 4.57 Å². The Kier molecular flexibility index (Phi) is 5.59. The van der Waals surface area contributed by atoms with Crippen molar-refractivity contribution in [3.63, 3.8) is 0 Å². The molecule has 6 heteroatoms. The minimum Gasteiger partial charge on any atom is -0.414 e. The van der Waals surface area contributed by atoms with Crippen LogP contribution in [0.1, 0.15) is 29.2 Å². The summed E-state index contributed by atoms with van der Waals surface area (Å²) in [6.07, 6.45) is 0. The maximum Gasteiger partial charge on any atom is 0.466 e. The third-order valence-electron chi connectivity index (χ3n) is 3.32. The Labute approximate surface area is 153 Å². The van der Waals surface area contributed by atoms with Crippen LogP contribution in [0.15, 0.2) is 36.4 Å². The summed E-state index contributed by atoms with van der Waals surface area (Å²) in [5, 5.41) is 0. The average molecular weight is 387 g/mol. The van der Waals surface area contributed by atoms with Gasteiger partial charge in [-0.05, 0) is 81.1 Å². The van der Waals surface area contributed by atoms with E-state index < -0.39 is 11.7 Å². The fraction of sp³-hybridized carbons (Fsp3) is 0.333. The standard InChI is InChI=1S/C18H21Cl2O3P/c1-12-6-13(2)9-16(8-12)22-24(21,18(5,19)20)23-17-10-14(3)7-15(4)11-17/h6-11H,1-5H3. The maximum atomic E-state index is 13.3. The zero-order chi connectivity index (χ0) is 18.1. The molecule has 0 saturated heterocycles. The third kappa shape index (κ3) is 4.69.